The van der Waals surface area contributed by atoms with Crippen molar-refractivity contribution in [3.05, 3.63) is 46.7 Å². The maximum atomic E-state index is 11.5. The number of pyridine rings is 1. The molecule has 0 aliphatic heterocycles. The van der Waals surface area contributed by atoms with Crippen molar-refractivity contribution in [1.82, 2.24) is 9.97 Å². The summed E-state index contributed by atoms with van der Waals surface area (Å²) in [7, 11) is 0. The van der Waals surface area contributed by atoms with E-state index >= 15 is 0 Å². The largest absolute Gasteiger partial charge is 0.321 e. The Balaban J connectivity index is 1.96. The molecule has 0 unspecified atom stereocenters. The van der Waals surface area contributed by atoms with Gasteiger partial charge >= 0.3 is 0 Å². The molecule has 86 valence electrons. The Hall–Kier alpha value is -2.01. The number of amides is 1. The van der Waals surface area contributed by atoms with Gasteiger partial charge in [0, 0.05) is 17.7 Å². The van der Waals surface area contributed by atoms with E-state index in [9.17, 15) is 4.79 Å². The summed E-state index contributed by atoms with van der Waals surface area (Å²) in [5.41, 5.74) is 1.48. The van der Waals surface area contributed by atoms with E-state index < -0.39 is 0 Å². The summed E-state index contributed by atoms with van der Waals surface area (Å²) in [6.45, 7) is 1.93. The quantitative estimate of drug-likeness (QED) is 0.845. The van der Waals surface area contributed by atoms with Crippen molar-refractivity contribution < 1.29 is 4.79 Å². The maximum absolute atomic E-state index is 11.5. The molecule has 0 atom stereocenters. The molecule has 0 radical (unpaired) electrons. The Morgan fingerprint density at radius 3 is 3.06 bits per heavy atom. The molecular formula is C12H11N3OS. The highest BCUT2D eigenvalue weighted by Crippen LogP contribution is 2.09. The van der Waals surface area contributed by atoms with Crippen LogP contribution in [0.2, 0.25) is 0 Å². The van der Waals surface area contributed by atoms with E-state index in [1.54, 1.807) is 41.9 Å². The van der Waals surface area contributed by atoms with Gasteiger partial charge in [-0.3, -0.25) is 9.78 Å². The van der Waals surface area contributed by atoms with Gasteiger partial charge in [-0.25, -0.2) is 4.98 Å². The highest BCUT2D eigenvalue weighted by molar-refractivity contribution is 7.09. The Labute approximate surface area is 103 Å². The predicted molar refractivity (Wildman–Crippen MR) is 68.8 cm³/mol. The fraction of sp³-hybridized carbons (Fsp3) is 0.0833. The van der Waals surface area contributed by atoms with Gasteiger partial charge in [0.2, 0.25) is 5.91 Å². The first kappa shape index (κ1) is 11.5. The molecule has 4 nitrogen and oxygen atoms in total. The number of anilines is 1. The second-order valence-corrected chi connectivity index (χ2v) is 4.42. The van der Waals surface area contributed by atoms with Gasteiger partial charge in [0.25, 0.3) is 0 Å². The molecule has 0 saturated heterocycles. The lowest BCUT2D eigenvalue weighted by atomic mass is 10.3. The van der Waals surface area contributed by atoms with E-state index in [0.717, 1.165) is 10.7 Å². The third kappa shape index (κ3) is 3.49. The fourth-order valence-corrected chi connectivity index (χ4v) is 1.82. The Morgan fingerprint density at radius 2 is 2.41 bits per heavy atom. The van der Waals surface area contributed by atoms with Gasteiger partial charge in [0.15, 0.2) is 0 Å². The molecule has 2 heterocycles. The Kier molecular flexibility index (Phi) is 3.62. The van der Waals surface area contributed by atoms with Crippen molar-refractivity contribution >= 4 is 29.0 Å². The number of nitrogens with zero attached hydrogens (tertiary/aromatic N) is 2. The van der Waals surface area contributed by atoms with Crippen LogP contribution in [0.25, 0.3) is 6.08 Å². The Morgan fingerprint density at radius 1 is 1.53 bits per heavy atom. The first-order valence-electron chi connectivity index (χ1n) is 5.05. The minimum absolute atomic E-state index is 0.191. The lowest BCUT2D eigenvalue weighted by Crippen LogP contribution is -2.07. The highest BCUT2D eigenvalue weighted by Gasteiger charge is 1.98. The van der Waals surface area contributed by atoms with Gasteiger partial charge < -0.3 is 5.32 Å². The third-order valence-electron chi connectivity index (χ3n) is 1.97. The molecule has 0 fully saturated rings. The average Bonchev–Trinajstić information content (AvgIpc) is 2.74. The number of nitrogens with one attached hydrogen (secondary N) is 1. The average molecular weight is 245 g/mol. The molecule has 0 spiro atoms. The normalized spacial score (nSPS) is 10.6. The van der Waals surface area contributed by atoms with Crippen molar-refractivity contribution in [3.8, 4) is 0 Å². The first-order valence-corrected chi connectivity index (χ1v) is 5.93. The number of rotatable bonds is 3. The van der Waals surface area contributed by atoms with Crippen LogP contribution in [0.15, 0.2) is 36.0 Å². The van der Waals surface area contributed by atoms with Gasteiger partial charge in [-0.2, -0.15) is 0 Å². The van der Waals surface area contributed by atoms with Crippen molar-refractivity contribution in [2.75, 3.05) is 5.32 Å². The van der Waals surface area contributed by atoms with Gasteiger partial charge in [0.05, 0.1) is 22.6 Å². The number of hydrogen-bond donors (Lipinski definition) is 1. The van der Waals surface area contributed by atoms with E-state index in [-0.39, 0.29) is 5.91 Å². The standard InChI is InChI=1S/C12H11N3OS/c1-9-14-11(8-17-9)4-5-12(16)15-10-3-2-6-13-7-10/h2-8H,1H3,(H,15,16)/b5-4+. The van der Waals surface area contributed by atoms with E-state index in [0.29, 0.717) is 5.69 Å². The molecule has 2 rings (SSSR count). The van der Waals surface area contributed by atoms with Crippen LogP contribution in [0.3, 0.4) is 0 Å². The second-order valence-electron chi connectivity index (χ2n) is 3.36. The molecule has 1 N–H and O–H groups in total. The van der Waals surface area contributed by atoms with E-state index in [2.05, 4.69) is 15.3 Å². The molecule has 0 aliphatic rings. The second kappa shape index (κ2) is 5.36. The van der Waals surface area contributed by atoms with E-state index in [1.165, 1.54) is 6.08 Å². The van der Waals surface area contributed by atoms with Crippen LogP contribution in [-0.2, 0) is 4.79 Å². The van der Waals surface area contributed by atoms with Crippen LogP contribution >= 0.6 is 11.3 Å². The fourth-order valence-electron chi connectivity index (χ4n) is 1.24. The van der Waals surface area contributed by atoms with Crippen molar-refractivity contribution in [3.63, 3.8) is 0 Å². The lowest BCUT2D eigenvalue weighted by molar-refractivity contribution is -0.111. The van der Waals surface area contributed by atoms with E-state index in [4.69, 9.17) is 0 Å². The molecule has 0 aliphatic carbocycles. The molecular weight excluding hydrogens is 234 g/mol. The first-order chi connectivity index (χ1) is 8.24. The summed E-state index contributed by atoms with van der Waals surface area (Å²) in [5, 5.41) is 5.60. The monoisotopic (exact) mass is 245 g/mol. The van der Waals surface area contributed by atoms with Crippen LogP contribution in [0, 0.1) is 6.92 Å². The summed E-state index contributed by atoms with van der Waals surface area (Å²) < 4.78 is 0. The zero-order valence-electron chi connectivity index (χ0n) is 9.25. The van der Waals surface area contributed by atoms with Gasteiger partial charge in [0.1, 0.15) is 0 Å². The molecule has 1 amide bonds. The number of aryl methyl sites for hydroxylation is 1. The zero-order chi connectivity index (χ0) is 12.1. The summed E-state index contributed by atoms with van der Waals surface area (Å²) in [5.74, 6) is -0.191. The molecule has 0 aromatic carbocycles. The third-order valence-corrected chi connectivity index (χ3v) is 2.76. The van der Waals surface area contributed by atoms with Crippen LogP contribution in [0.5, 0.6) is 0 Å². The van der Waals surface area contributed by atoms with Gasteiger partial charge in [-0.15, -0.1) is 11.3 Å². The SMILES string of the molecule is Cc1nc(/C=C/C(=O)Nc2cccnc2)cs1. The molecule has 17 heavy (non-hydrogen) atoms. The number of carbonyl (C=O) groups is 1. The number of carbonyl (C=O) groups excluding carboxylic acids is 1. The van der Waals surface area contributed by atoms with E-state index in [1.807, 2.05) is 12.3 Å². The lowest BCUT2D eigenvalue weighted by Gasteiger charge is -1.99. The number of aromatic nitrogens is 2. The summed E-state index contributed by atoms with van der Waals surface area (Å²) in [6.07, 6.45) is 6.40. The number of hydrogen-bond acceptors (Lipinski definition) is 4. The summed E-state index contributed by atoms with van der Waals surface area (Å²) in [6, 6.07) is 3.55. The van der Waals surface area contributed by atoms with Crippen LogP contribution in [0.1, 0.15) is 10.7 Å². The van der Waals surface area contributed by atoms with Crippen molar-refractivity contribution in [2.45, 2.75) is 6.92 Å². The minimum Gasteiger partial charge on any atom is -0.321 e. The topological polar surface area (TPSA) is 54.9 Å². The molecule has 2 aromatic rings. The molecule has 5 heteroatoms. The smallest absolute Gasteiger partial charge is 0.248 e. The molecule has 0 saturated carbocycles. The van der Waals surface area contributed by atoms with Crippen LogP contribution < -0.4 is 5.32 Å². The van der Waals surface area contributed by atoms with Crippen LogP contribution in [0.4, 0.5) is 5.69 Å². The molecule has 2 aromatic heterocycles. The number of thiazole rings is 1. The van der Waals surface area contributed by atoms with Gasteiger partial charge in [-0.05, 0) is 25.1 Å². The van der Waals surface area contributed by atoms with Crippen molar-refractivity contribution in [1.29, 1.82) is 0 Å². The zero-order valence-corrected chi connectivity index (χ0v) is 10.1. The Bertz CT molecular complexity index is 534. The maximum Gasteiger partial charge on any atom is 0.248 e. The van der Waals surface area contributed by atoms with Crippen molar-refractivity contribution in [2.24, 2.45) is 0 Å². The summed E-state index contributed by atoms with van der Waals surface area (Å²) in [4.78, 5) is 19.7. The van der Waals surface area contributed by atoms with Crippen LogP contribution in [-0.4, -0.2) is 15.9 Å². The summed E-state index contributed by atoms with van der Waals surface area (Å²) >= 11 is 1.56. The van der Waals surface area contributed by atoms with Gasteiger partial charge in [-0.1, -0.05) is 0 Å². The predicted octanol–water partition coefficient (Wildman–Crippen LogP) is 2.50. The molecule has 0 bridgehead atoms. The minimum atomic E-state index is -0.191. The highest BCUT2D eigenvalue weighted by atomic mass is 32.1.